The van der Waals surface area contributed by atoms with Gasteiger partial charge in [0.2, 0.25) is 0 Å². The number of hydrogen-bond donors (Lipinski definition) is 1. The number of ketones is 1. The van der Waals surface area contributed by atoms with Crippen LogP contribution < -0.4 is 5.73 Å². The first kappa shape index (κ1) is 11.4. The lowest BCUT2D eigenvalue weighted by Gasteiger charge is -2.27. The summed E-state index contributed by atoms with van der Waals surface area (Å²) in [5, 5.41) is 0. The van der Waals surface area contributed by atoms with Gasteiger partial charge >= 0.3 is 0 Å². The molecule has 4 heteroatoms. The van der Waals surface area contributed by atoms with Crippen LogP contribution in [0.2, 0.25) is 0 Å². The molecule has 1 aromatic heterocycles. The van der Waals surface area contributed by atoms with Crippen molar-refractivity contribution in [2.75, 3.05) is 0 Å². The Bertz CT molecular complexity index is 566. The van der Waals surface area contributed by atoms with Gasteiger partial charge in [0.1, 0.15) is 11.3 Å². The number of carbonyl (C=O) groups excluding carboxylic acids is 1. The summed E-state index contributed by atoms with van der Waals surface area (Å²) in [6.07, 6.45) is 4.58. The molecule has 0 radical (unpaired) electrons. The van der Waals surface area contributed by atoms with Gasteiger partial charge in [-0.2, -0.15) is 0 Å². The second-order valence-corrected chi connectivity index (χ2v) is 4.98. The van der Waals surface area contributed by atoms with E-state index in [0.717, 1.165) is 29.5 Å². The summed E-state index contributed by atoms with van der Waals surface area (Å²) < 4.78 is 5.29. The zero-order chi connectivity index (χ0) is 12.5. The van der Waals surface area contributed by atoms with E-state index in [1.165, 1.54) is 6.39 Å². The van der Waals surface area contributed by atoms with Crippen LogP contribution in [-0.2, 0) is 4.79 Å². The molecule has 0 amide bonds. The number of benzene rings is 1. The number of rotatable bonds is 2. The van der Waals surface area contributed by atoms with E-state index in [0.29, 0.717) is 24.5 Å². The molecule has 0 bridgehead atoms. The molecule has 1 unspecified atom stereocenters. The quantitative estimate of drug-likeness (QED) is 0.881. The molecule has 4 nitrogen and oxygen atoms in total. The molecule has 1 fully saturated rings. The molecule has 94 valence electrons. The molecule has 3 rings (SSSR count). The van der Waals surface area contributed by atoms with Crippen LogP contribution in [-0.4, -0.2) is 10.8 Å². The summed E-state index contributed by atoms with van der Waals surface area (Å²) in [6, 6.07) is 5.88. The molecule has 2 aromatic rings. The van der Waals surface area contributed by atoms with Crippen molar-refractivity contribution in [2.24, 2.45) is 11.7 Å². The summed E-state index contributed by atoms with van der Waals surface area (Å²) >= 11 is 0. The minimum Gasteiger partial charge on any atom is -0.443 e. The van der Waals surface area contributed by atoms with Crippen molar-refractivity contribution in [1.82, 2.24) is 4.98 Å². The lowest BCUT2D eigenvalue weighted by Crippen LogP contribution is -2.26. The third-order valence-corrected chi connectivity index (χ3v) is 3.84. The molecule has 18 heavy (non-hydrogen) atoms. The Morgan fingerprint density at radius 2 is 2.11 bits per heavy atom. The van der Waals surface area contributed by atoms with Crippen molar-refractivity contribution >= 4 is 16.9 Å². The largest absolute Gasteiger partial charge is 0.443 e. The topological polar surface area (TPSA) is 69.1 Å². The van der Waals surface area contributed by atoms with E-state index in [1.54, 1.807) is 0 Å². The van der Waals surface area contributed by atoms with Gasteiger partial charge in [0.05, 0.1) is 0 Å². The van der Waals surface area contributed by atoms with Crippen LogP contribution in [0, 0.1) is 5.92 Å². The number of oxazole rings is 1. The zero-order valence-corrected chi connectivity index (χ0v) is 10.1. The first-order valence-electron chi connectivity index (χ1n) is 6.34. The Morgan fingerprint density at radius 1 is 1.33 bits per heavy atom. The smallest absolute Gasteiger partial charge is 0.181 e. The van der Waals surface area contributed by atoms with Gasteiger partial charge < -0.3 is 10.2 Å². The molecule has 1 aromatic carbocycles. The van der Waals surface area contributed by atoms with Gasteiger partial charge in [0.15, 0.2) is 12.0 Å². The molecule has 0 aliphatic heterocycles. The summed E-state index contributed by atoms with van der Waals surface area (Å²) in [5.74, 6) is 0.757. The molecule has 1 atom stereocenters. The van der Waals surface area contributed by atoms with Crippen molar-refractivity contribution in [1.29, 1.82) is 0 Å². The number of carbonyl (C=O) groups is 1. The van der Waals surface area contributed by atoms with Gasteiger partial charge in [0, 0.05) is 18.9 Å². The molecule has 2 N–H and O–H groups in total. The van der Waals surface area contributed by atoms with E-state index in [2.05, 4.69) is 4.98 Å². The van der Waals surface area contributed by atoms with Crippen LogP contribution in [0.5, 0.6) is 0 Å². The number of hydrogen-bond acceptors (Lipinski definition) is 4. The second-order valence-electron chi connectivity index (χ2n) is 4.98. The highest BCUT2D eigenvalue weighted by atomic mass is 16.3. The monoisotopic (exact) mass is 244 g/mol. The van der Waals surface area contributed by atoms with Crippen LogP contribution in [0.3, 0.4) is 0 Å². The number of nitrogens with zero attached hydrogens (tertiary/aromatic N) is 1. The van der Waals surface area contributed by atoms with E-state index in [-0.39, 0.29) is 6.04 Å². The second kappa shape index (κ2) is 4.53. The molecular formula is C14H16N2O2. The number of Topliss-reactive ketones (excluding diaryl/α,β-unsaturated/α-hetero) is 1. The molecule has 1 aliphatic rings. The first-order chi connectivity index (χ1) is 8.74. The Kier molecular flexibility index (Phi) is 2.88. The van der Waals surface area contributed by atoms with Gasteiger partial charge in [-0.05, 0) is 36.5 Å². The lowest BCUT2D eigenvalue weighted by atomic mass is 9.81. The lowest BCUT2D eigenvalue weighted by molar-refractivity contribution is -0.121. The SMILES string of the molecule is NC(c1ccc2ncoc2c1)C1CCC(=O)CC1. The van der Waals surface area contributed by atoms with Crippen molar-refractivity contribution < 1.29 is 9.21 Å². The molecule has 0 spiro atoms. The average Bonchev–Trinajstić information content (AvgIpc) is 2.86. The molecule has 0 saturated heterocycles. The van der Waals surface area contributed by atoms with Crippen LogP contribution in [0.4, 0.5) is 0 Å². The maximum Gasteiger partial charge on any atom is 0.181 e. The van der Waals surface area contributed by atoms with Gasteiger partial charge in [0.25, 0.3) is 0 Å². The minimum atomic E-state index is -0.0207. The van der Waals surface area contributed by atoms with E-state index in [9.17, 15) is 4.79 Å². The average molecular weight is 244 g/mol. The predicted molar refractivity (Wildman–Crippen MR) is 67.9 cm³/mol. The Hall–Kier alpha value is -1.68. The summed E-state index contributed by atoms with van der Waals surface area (Å²) in [7, 11) is 0. The van der Waals surface area contributed by atoms with Crippen LogP contribution >= 0.6 is 0 Å². The highest BCUT2D eigenvalue weighted by molar-refractivity contribution is 5.79. The van der Waals surface area contributed by atoms with Crippen molar-refractivity contribution in [3.8, 4) is 0 Å². The summed E-state index contributed by atoms with van der Waals surface area (Å²) in [4.78, 5) is 15.3. The van der Waals surface area contributed by atoms with Gasteiger partial charge in [-0.25, -0.2) is 4.98 Å². The van der Waals surface area contributed by atoms with E-state index < -0.39 is 0 Å². The third kappa shape index (κ3) is 2.04. The standard InChI is InChI=1S/C14H16N2O2/c15-14(9-1-4-11(17)5-2-9)10-3-6-12-13(7-10)18-8-16-12/h3,6-9,14H,1-2,4-5,15H2. The molecule has 1 aliphatic carbocycles. The van der Waals surface area contributed by atoms with Crippen LogP contribution in [0.15, 0.2) is 29.0 Å². The maximum absolute atomic E-state index is 11.2. The van der Waals surface area contributed by atoms with Crippen LogP contribution in [0.25, 0.3) is 11.1 Å². The zero-order valence-electron chi connectivity index (χ0n) is 10.1. The van der Waals surface area contributed by atoms with Crippen molar-refractivity contribution in [2.45, 2.75) is 31.7 Å². The normalized spacial score (nSPS) is 19.3. The Labute approximate surface area is 105 Å². The Balaban J connectivity index is 1.82. The van der Waals surface area contributed by atoms with E-state index in [1.807, 2.05) is 18.2 Å². The molecule has 1 heterocycles. The first-order valence-corrected chi connectivity index (χ1v) is 6.34. The Morgan fingerprint density at radius 3 is 2.89 bits per heavy atom. The molecular weight excluding hydrogens is 228 g/mol. The highest BCUT2D eigenvalue weighted by Crippen LogP contribution is 2.32. The van der Waals surface area contributed by atoms with Gasteiger partial charge in [-0.1, -0.05) is 6.07 Å². The fourth-order valence-electron chi connectivity index (χ4n) is 2.67. The minimum absolute atomic E-state index is 0.0207. The maximum atomic E-state index is 11.2. The summed E-state index contributed by atoms with van der Waals surface area (Å²) in [6.45, 7) is 0. The fourth-order valence-corrected chi connectivity index (χ4v) is 2.67. The number of aromatic nitrogens is 1. The number of nitrogens with two attached hydrogens (primary N) is 1. The van der Waals surface area contributed by atoms with Crippen molar-refractivity contribution in [3.05, 3.63) is 30.2 Å². The van der Waals surface area contributed by atoms with Gasteiger partial charge in [-0.15, -0.1) is 0 Å². The number of fused-ring (bicyclic) bond motifs is 1. The summed E-state index contributed by atoms with van der Waals surface area (Å²) in [5.41, 5.74) is 8.99. The third-order valence-electron chi connectivity index (χ3n) is 3.84. The fraction of sp³-hybridized carbons (Fsp3) is 0.429. The van der Waals surface area contributed by atoms with Crippen molar-refractivity contribution in [3.63, 3.8) is 0 Å². The van der Waals surface area contributed by atoms with E-state index >= 15 is 0 Å². The highest BCUT2D eigenvalue weighted by Gasteiger charge is 2.25. The molecule has 1 saturated carbocycles. The predicted octanol–water partition coefficient (Wildman–Crippen LogP) is 2.59. The van der Waals surface area contributed by atoms with Gasteiger partial charge in [-0.3, -0.25) is 4.79 Å². The van der Waals surface area contributed by atoms with Crippen LogP contribution in [0.1, 0.15) is 37.3 Å². The van der Waals surface area contributed by atoms with E-state index in [4.69, 9.17) is 10.2 Å².